The predicted octanol–water partition coefficient (Wildman–Crippen LogP) is 2.20. The minimum Gasteiger partial charge on any atom is -0.481 e. The molecule has 3 fully saturated rings. The highest BCUT2D eigenvalue weighted by atomic mass is 16.5. The molecule has 2 unspecified atom stereocenters. The van der Waals surface area contributed by atoms with E-state index in [1.165, 1.54) is 4.90 Å². The molecule has 2 N–H and O–H groups in total. The van der Waals surface area contributed by atoms with Crippen molar-refractivity contribution in [1.29, 1.82) is 0 Å². The summed E-state index contributed by atoms with van der Waals surface area (Å²) in [5.41, 5.74) is -1.60. The molecule has 3 aliphatic heterocycles. The lowest BCUT2D eigenvalue weighted by Crippen LogP contribution is -2.56. The normalized spacial score (nSPS) is 31.6. The van der Waals surface area contributed by atoms with Crippen LogP contribution in [0, 0.1) is 11.8 Å². The van der Waals surface area contributed by atoms with Gasteiger partial charge in [0.05, 0.1) is 24.0 Å². The van der Waals surface area contributed by atoms with Gasteiger partial charge in [0.1, 0.15) is 11.6 Å². The highest BCUT2D eigenvalue weighted by molar-refractivity contribution is 6.05. The van der Waals surface area contributed by atoms with Gasteiger partial charge in [0.15, 0.2) is 0 Å². The zero-order chi connectivity index (χ0) is 24.3. The number of nitrogens with zero attached hydrogens (tertiary/aromatic N) is 2. The number of carbonyl (C=O) groups is 3. The van der Waals surface area contributed by atoms with Crippen LogP contribution in [0.1, 0.15) is 19.8 Å². The highest BCUT2D eigenvalue weighted by Crippen LogP contribution is 2.63. The van der Waals surface area contributed by atoms with Crippen LogP contribution in [0.2, 0.25) is 0 Å². The number of aliphatic hydroxyl groups excluding tert-OH is 1. The molecule has 0 radical (unpaired) electrons. The van der Waals surface area contributed by atoms with Gasteiger partial charge in [-0.05, 0) is 42.7 Å². The third-order valence-corrected chi connectivity index (χ3v) is 7.74. The Morgan fingerprint density at radius 2 is 1.97 bits per heavy atom. The fourth-order valence-corrected chi connectivity index (χ4v) is 6.37. The molecule has 3 aliphatic rings. The molecule has 0 aliphatic carbocycles. The number of carbonyl (C=O) groups excluding carboxylic acids is 2. The number of hydrogen-bond donors (Lipinski definition) is 2. The molecule has 2 amide bonds. The van der Waals surface area contributed by atoms with E-state index >= 15 is 0 Å². The van der Waals surface area contributed by atoms with E-state index in [2.05, 4.69) is 6.58 Å². The fourth-order valence-electron chi connectivity index (χ4n) is 6.37. The average molecular weight is 465 g/mol. The smallest absolute Gasteiger partial charge is 0.310 e. The minimum atomic E-state index is -1.24. The first kappa shape index (κ1) is 22.6. The summed E-state index contributed by atoms with van der Waals surface area (Å²) < 4.78 is 6.36. The molecule has 34 heavy (non-hydrogen) atoms. The summed E-state index contributed by atoms with van der Waals surface area (Å²) in [6, 6.07) is 12.5. The lowest BCUT2D eigenvalue weighted by Gasteiger charge is -2.36. The molecule has 8 nitrogen and oxygen atoms in total. The first-order valence-electron chi connectivity index (χ1n) is 11.5. The van der Waals surface area contributed by atoms with Crippen LogP contribution in [0.25, 0.3) is 10.8 Å². The van der Waals surface area contributed by atoms with E-state index in [-0.39, 0.29) is 25.6 Å². The molecular formula is C26H28N2O6. The fraction of sp³-hybridized carbons (Fsp3) is 0.423. The summed E-state index contributed by atoms with van der Waals surface area (Å²) in [7, 11) is 0. The Morgan fingerprint density at radius 1 is 1.24 bits per heavy atom. The molecule has 3 saturated heterocycles. The Kier molecular flexibility index (Phi) is 5.26. The lowest BCUT2D eigenvalue weighted by atomic mass is 9.66. The lowest BCUT2D eigenvalue weighted by molar-refractivity contribution is -0.154. The molecule has 0 saturated carbocycles. The molecule has 8 heteroatoms. The van der Waals surface area contributed by atoms with Crippen LogP contribution in [-0.2, 0) is 19.1 Å². The van der Waals surface area contributed by atoms with E-state index in [1.807, 2.05) is 42.5 Å². The zero-order valence-corrected chi connectivity index (χ0v) is 19.0. The number of benzene rings is 2. The number of rotatable bonds is 7. The van der Waals surface area contributed by atoms with E-state index in [9.17, 15) is 24.6 Å². The Hall–Kier alpha value is -3.23. The number of carboxylic acids is 1. The number of amides is 2. The summed E-state index contributed by atoms with van der Waals surface area (Å²) in [6.45, 7) is 5.31. The Bertz CT molecular complexity index is 1200. The summed E-state index contributed by atoms with van der Waals surface area (Å²) >= 11 is 0. The maximum absolute atomic E-state index is 14.2. The number of fused-ring (bicyclic) bond motifs is 2. The SMILES string of the molecule is C=CCN(C(=O)C1N(CCO)C(=O)[C@@H]2[C@@H](C(=O)O)[C@@]3(C)CCC12O3)c1ccc2ccccc2c1. The quantitative estimate of drug-likeness (QED) is 0.609. The number of anilines is 1. The van der Waals surface area contributed by atoms with Gasteiger partial charge < -0.3 is 24.7 Å². The number of ether oxygens (including phenoxy) is 1. The predicted molar refractivity (Wildman–Crippen MR) is 125 cm³/mol. The summed E-state index contributed by atoms with van der Waals surface area (Å²) in [5, 5.41) is 21.6. The molecule has 1 spiro atoms. The van der Waals surface area contributed by atoms with Crippen molar-refractivity contribution in [2.24, 2.45) is 11.8 Å². The van der Waals surface area contributed by atoms with Gasteiger partial charge in [0, 0.05) is 18.8 Å². The number of hydrogen-bond acceptors (Lipinski definition) is 5. The Labute approximate surface area is 197 Å². The second-order valence-electron chi connectivity index (χ2n) is 9.59. The molecule has 0 aromatic heterocycles. The van der Waals surface area contributed by atoms with E-state index in [0.717, 1.165) is 10.8 Å². The topological polar surface area (TPSA) is 107 Å². The van der Waals surface area contributed by atoms with Crippen LogP contribution in [-0.4, -0.2) is 69.8 Å². The molecule has 5 rings (SSSR count). The van der Waals surface area contributed by atoms with Crippen LogP contribution < -0.4 is 4.90 Å². The van der Waals surface area contributed by atoms with Crippen LogP contribution in [0.3, 0.4) is 0 Å². The summed E-state index contributed by atoms with van der Waals surface area (Å²) in [4.78, 5) is 42.8. The third-order valence-electron chi connectivity index (χ3n) is 7.74. The second kappa shape index (κ2) is 7.92. The van der Waals surface area contributed by atoms with Crippen molar-refractivity contribution < 1.29 is 29.3 Å². The van der Waals surface area contributed by atoms with Crippen LogP contribution >= 0.6 is 0 Å². The van der Waals surface area contributed by atoms with Crippen LogP contribution in [0.15, 0.2) is 55.1 Å². The standard InChI is InChI=1S/C26H28N2O6/c1-3-12-27(18-9-8-16-6-4-5-7-17(16)15-18)23(31)21-26-11-10-25(2,34-26)20(24(32)33)19(26)22(30)28(21)13-14-29/h3-9,15,19-21,29H,1,10-14H2,2H3,(H,32,33)/t19-,20-,21?,25+,26?/m0/s1. The number of aliphatic carboxylic acids is 1. The number of β-amino-alcohol motifs (C(OH)–C–C–N with tert-alkyl or cyclic N) is 1. The van der Waals surface area contributed by atoms with Gasteiger partial charge in [0.25, 0.3) is 5.91 Å². The van der Waals surface area contributed by atoms with Crippen LogP contribution in [0.5, 0.6) is 0 Å². The summed E-state index contributed by atoms with van der Waals surface area (Å²) in [5.74, 6) is -3.92. The van der Waals surface area contributed by atoms with Crippen molar-refractivity contribution in [1.82, 2.24) is 4.90 Å². The van der Waals surface area contributed by atoms with Crippen molar-refractivity contribution in [2.75, 3.05) is 24.6 Å². The van der Waals surface area contributed by atoms with E-state index < -0.39 is 41.0 Å². The van der Waals surface area contributed by atoms with Crippen molar-refractivity contribution in [3.05, 3.63) is 55.1 Å². The molecule has 3 heterocycles. The number of likely N-dealkylation sites (tertiary alicyclic amines) is 1. The minimum absolute atomic E-state index is 0.0699. The average Bonchev–Trinajstić information content (AvgIpc) is 3.38. The van der Waals surface area contributed by atoms with Crippen molar-refractivity contribution >= 4 is 34.2 Å². The van der Waals surface area contributed by atoms with E-state index in [4.69, 9.17) is 4.74 Å². The Morgan fingerprint density at radius 3 is 2.65 bits per heavy atom. The van der Waals surface area contributed by atoms with Crippen molar-refractivity contribution in [3.8, 4) is 0 Å². The molecule has 2 bridgehead atoms. The van der Waals surface area contributed by atoms with Gasteiger partial charge in [-0.1, -0.05) is 36.4 Å². The number of carboxylic acid groups (broad SMARTS) is 1. The van der Waals surface area contributed by atoms with E-state index in [0.29, 0.717) is 18.5 Å². The van der Waals surface area contributed by atoms with Gasteiger partial charge >= 0.3 is 5.97 Å². The Balaban J connectivity index is 1.60. The first-order valence-corrected chi connectivity index (χ1v) is 11.5. The molecule has 2 aromatic rings. The van der Waals surface area contributed by atoms with Crippen LogP contribution in [0.4, 0.5) is 5.69 Å². The molecule has 5 atom stereocenters. The van der Waals surface area contributed by atoms with Gasteiger partial charge in [-0.25, -0.2) is 0 Å². The maximum Gasteiger partial charge on any atom is 0.310 e. The van der Waals surface area contributed by atoms with E-state index in [1.54, 1.807) is 17.9 Å². The van der Waals surface area contributed by atoms with Gasteiger partial charge in [-0.3, -0.25) is 14.4 Å². The van der Waals surface area contributed by atoms with Crippen molar-refractivity contribution in [2.45, 2.75) is 37.0 Å². The second-order valence-corrected chi connectivity index (χ2v) is 9.59. The van der Waals surface area contributed by atoms with Crippen molar-refractivity contribution in [3.63, 3.8) is 0 Å². The van der Waals surface area contributed by atoms with Gasteiger partial charge in [-0.2, -0.15) is 0 Å². The summed E-state index contributed by atoms with van der Waals surface area (Å²) in [6.07, 6.45) is 2.47. The third kappa shape index (κ3) is 3.02. The molecule has 2 aromatic carbocycles. The molecular weight excluding hydrogens is 436 g/mol. The van der Waals surface area contributed by atoms with Gasteiger partial charge in [-0.15, -0.1) is 6.58 Å². The largest absolute Gasteiger partial charge is 0.481 e. The zero-order valence-electron chi connectivity index (χ0n) is 19.0. The maximum atomic E-state index is 14.2. The monoisotopic (exact) mass is 464 g/mol. The first-order chi connectivity index (χ1) is 16.3. The number of aliphatic hydroxyl groups is 1. The van der Waals surface area contributed by atoms with Gasteiger partial charge in [0.2, 0.25) is 5.91 Å². The molecule has 178 valence electrons. The highest BCUT2D eigenvalue weighted by Gasteiger charge is 2.78.